The second kappa shape index (κ2) is 26.5. The number of hydrogen-bond donors (Lipinski definition) is 13. The first-order valence-electron chi connectivity index (χ1n) is 22.0. The number of carbonyl (C=O) groups excluding carboxylic acids is 6. The van der Waals surface area contributed by atoms with E-state index in [0.717, 1.165) is 21.7 Å². The molecule has 0 unspecified atom stereocenters. The summed E-state index contributed by atoms with van der Waals surface area (Å²) in [7, 11) is 2.28. The van der Waals surface area contributed by atoms with Gasteiger partial charge >= 0.3 is 5.97 Å². The predicted octanol–water partition coefficient (Wildman–Crippen LogP) is -0.988. The fourth-order valence-corrected chi connectivity index (χ4v) is 9.93. The van der Waals surface area contributed by atoms with Gasteiger partial charge in [-0.1, -0.05) is 76.5 Å². The molecule has 1 saturated heterocycles. The van der Waals surface area contributed by atoms with Gasteiger partial charge in [0.1, 0.15) is 36.3 Å². The van der Waals surface area contributed by atoms with Crippen LogP contribution in [0.4, 0.5) is 0 Å². The van der Waals surface area contributed by atoms with Crippen molar-refractivity contribution >= 4 is 79.9 Å². The Morgan fingerprint density at radius 1 is 0.821 bits per heavy atom. The number of hydrogen-bond acceptors (Lipinski definition) is 13. The zero-order valence-electron chi connectivity index (χ0n) is 37.6. The second-order valence-electron chi connectivity index (χ2n) is 16.7. The SMILES string of the molecule is CC1(C)SSCC[C@H](NC(=O)[C@H](N)CCCCN)C(=O)N[C@@H](CO)C(=O)N[C@H](Cc2ccccc2)C(=O)N[C@@H](CCCN=C(N)N)C(=O)N[C@@H](Cc2c[nH]c3ccccc23)C(=O)N[C@@H]1C(=O)O. The molecule has 2 aromatic carbocycles. The number of fused-ring (bicyclic) bond motifs is 1. The third-order valence-electron chi connectivity index (χ3n) is 11.0. The van der Waals surface area contributed by atoms with Crippen molar-refractivity contribution in [2.45, 2.75) is 112 Å². The topological polar surface area (TPSA) is 364 Å². The van der Waals surface area contributed by atoms with Crippen molar-refractivity contribution in [3.8, 4) is 0 Å². The molecular weight excluding hydrogens is 905 g/mol. The molecule has 6 amide bonds. The maximum Gasteiger partial charge on any atom is 0.327 e. The molecule has 1 aliphatic heterocycles. The van der Waals surface area contributed by atoms with E-state index >= 15 is 0 Å². The van der Waals surface area contributed by atoms with Crippen LogP contribution in [-0.2, 0) is 46.4 Å². The molecular formula is C44H64N12O9S2. The highest BCUT2D eigenvalue weighted by atomic mass is 33.1. The number of nitrogens with two attached hydrogens (primary N) is 4. The Balaban J connectivity index is 1.78. The Bertz CT molecular complexity index is 2190. The molecule has 0 spiro atoms. The summed E-state index contributed by atoms with van der Waals surface area (Å²) in [5, 5.41) is 37.6. The van der Waals surface area contributed by atoms with E-state index in [1.807, 2.05) is 24.3 Å². The van der Waals surface area contributed by atoms with Crippen LogP contribution in [0.1, 0.15) is 63.5 Å². The van der Waals surface area contributed by atoms with Gasteiger partial charge in [-0.05, 0) is 69.7 Å². The summed E-state index contributed by atoms with van der Waals surface area (Å²) in [5.74, 6) is -6.31. The van der Waals surface area contributed by atoms with Crippen molar-refractivity contribution in [3.63, 3.8) is 0 Å². The lowest BCUT2D eigenvalue weighted by Gasteiger charge is -2.32. The van der Waals surface area contributed by atoms with Crippen LogP contribution in [0.3, 0.4) is 0 Å². The lowest BCUT2D eigenvalue weighted by molar-refractivity contribution is -0.143. The Labute approximate surface area is 396 Å². The Kier molecular flexibility index (Phi) is 21.2. The Morgan fingerprint density at radius 2 is 1.43 bits per heavy atom. The van der Waals surface area contributed by atoms with Gasteiger partial charge in [0.2, 0.25) is 35.4 Å². The molecule has 0 bridgehead atoms. The molecule has 4 rings (SSSR count). The van der Waals surface area contributed by atoms with Crippen molar-refractivity contribution in [2.75, 3.05) is 25.4 Å². The molecule has 366 valence electrons. The highest BCUT2D eigenvalue weighted by Gasteiger charge is 2.40. The van der Waals surface area contributed by atoms with E-state index in [9.17, 15) is 43.8 Å². The number of nitrogens with zero attached hydrogens (tertiary/aromatic N) is 1. The molecule has 1 aromatic heterocycles. The van der Waals surface area contributed by atoms with Crippen molar-refractivity contribution < 1.29 is 43.8 Å². The highest BCUT2D eigenvalue weighted by molar-refractivity contribution is 8.77. The number of carbonyl (C=O) groups is 7. The van der Waals surface area contributed by atoms with Crippen LogP contribution in [0.25, 0.3) is 10.9 Å². The first kappa shape index (κ1) is 53.7. The molecule has 23 heteroatoms. The van der Waals surface area contributed by atoms with E-state index in [-0.39, 0.29) is 56.8 Å². The van der Waals surface area contributed by atoms with Gasteiger partial charge in [-0.25, -0.2) is 4.79 Å². The lowest BCUT2D eigenvalue weighted by Crippen LogP contribution is -2.61. The fraction of sp³-hybridized carbons (Fsp3) is 0.500. The van der Waals surface area contributed by atoms with Crippen LogP contribution < -0.4 is 54.8 Å². The van der Waals surface area contributed by atoms with E-state index in [0.29, 0.717) is 30.5 Å². The average molecular weight is 969 g/mol. The summed E-state index contributed by atoms with van der Waals surface area (Å²) in [6, 6.07) is 6.43. The van der Waals surface area contributed by atoms with Gasteiger partial charge in [0.25, 0.3) is 0 Å². The number of rotatable bonds is 16. The average Bonchev–Trinajstić information content (AvgIpc) is 3.70. The minimum absolute atomic E-state index is 0.0347. The zero-order chi connectivity index (χ0) is 49.1. The van der Waals surface area contributed by atoms with Gasteiger partial charge in [0.15, 0.2) is 5.96 Å². The minimum Gasteiger partial charge on any atom is -0.480 e. The number of guanidine groups is 1. The number of aromatic amines is 1. The van der Waals surface area contributed by atoms with E-state index in [4.69, 9.17) is 22.9 Å². The number of para-hydroxylation sites is 1. The van der Waals surface area contributed by atoms with Gasteiger partial charge in [0.05, 0.1) is 17.4 Å². The van der Waals surface area contributed by atoms with E-state index in [1.54, 1.807) is 50.4 Å². The number of benzene rings is 2. The van der Waals surface area contributed by atoms with Crippen LogP contribution in [0.2, 0.25) is 0 Å². The number of aliphatic hydroxyl groups excluding tert-OH is 1. The minimum atomic E-state index is -1.61. The standard InChI is InChI=1S/C44H64N12O9S2/c1-44(2)35(42(64)65)56-40(62)33(22-26-23-50-29-15-7-6-13-27(26)29)54-37(59)30(16-10-19-49-43(47)48)52-39(61)32(21-25-11-4-3-5-12-25)53-41(63)34(24-57)55-38(60)31(17-20-66-67-44)51-36(58)28(46)14-8-9-18-45/h3-7,11-13,15,23,28,30-35,50,57H,8-10,14,16-22,24,45-46H2,1-2H3,(H,51,58)(H,52,61)(H,53,63)(H,54,59)(H,55,60)(H,56,62)(H,64,65)(H4,47,48,49)/t28-,30+,31+,32-,33+,34+,35-/m1/s1. The van der Waals surface area contributed by atoms with Crippen molar-refractivity contribution in [1.29, 1.82) is 0 Å². The molecule has 0 radical (unpaired) electrons. The highest BCUT2D eigenvalue weighted by Crippen LogP contribution is 2.39. The fourth-order valence-electron chi connectivity index (χ4n) is 7.22. The second-order valence-corrected chi connectivity index (χ2v) is 19.7. The first-order chi connectivity index (χ1) is 31.9. The molecule has 67 heavy (non-hydrogen) atoms. The number of H-pyrrole nitrogens is 1. The third-order valence-corrected chi connectivity index (χ3v) is 14.3. The number of amides is 6. The molecule has 7 atom stereocenters. The number of aromatic nitrogens is 1. The lowest BCUT2D eigenvalue weighted by atomic mass is 10.00. The number of carboxylic acids is 1. The monoisotopic (exact) mass is 968 g/mol. The summed E-state index contributed by atoms with van der Waals surface area (Å²) in [6.07, 6.45) is 3.04. The van der Waals surface area contributed by atoms with E-state index in [1.165, 1.54) is 10.8 Å². The number of carboxylic acid groups (broad SMARTS) is 1. The van der Waals surface area contributed by atoms with Crippen molar-refractivity contribution in [3.05, 3.63) is 71.9 Å². The molecule has 1 aliphatic rings. The van der Waals surface area contributed by atoms with Gasteiger partial charge in [0, 0.05) is 42.2 Å². The normalized spacial score (nSPS) is 23.0. The van der Waals surface area contributed by atoms with Crippen LogP contribution in [0, 0.1) is 0 Å². The molecule has 1 fully saturated rings. The molecule has 0 saturated carbocycles. The summed E-state index contributed by atoms with van der Waals surface area (Å²) in [4.78, 5) is 104. The summed E-state index contributed by atoms with van der Waals surface area (Å²) in [5.41, 5.74) is 24.8. The van der Waals surface area contributed by atoms with Crippen molar-refractivity contribution in [2.24, 2.45) is 27.9 Å². The van der Waals surface area contributed by atoms with Gasteiger partial charge < -0.3 is 70.0 Å². The maximum atomic E-state index is 14.4. The van der Waals surface area contributed by atoms with E-state index in [2.05, 4.69) is 41.9 Å². The van der Waals surface area contributed by atoms with Gasteiger partial charge in [-0.2, -0.15) is 0 Å². The molecule has 2 heterocycles. The number of unbranched alkanes of at least 4 members (excludes halogenated alkanes) is 1. The van der Waals surface area contributed by atoms with Crippen LogP contribution in [0.15, 0.2) is 65.8 Å². The molecule has 3 aromatic rings. The predicted molar refractivity (Wildman–Crippen MR) is 258 cm³/mol. The summed E-state index contributed by atoms with van der Waals surface area (Å²) in [6.45, 7) is 2.78. The quantitative estimate of drug-likeness (QED) is 0.0355. The van der Waals surface area contributed by atoms with Crippen LogP contribution >= 0.6 is 21.6 Å². The smallest absolute Gasteiger partial charge is 0.327 e. The summed E-state index contributed by atoms with van der Waals surface area (Å²) < 4.78 is -1.22. The van der Waals surface area contributed by atoms with Crippen LogP contribution in [0.5, 0.6) is 0 Å². The first-order valence-corrected chi connectivity index (χ1v) is 24.3. The third kappa shape index (κ3) is 16.7. The van der Waals surface area contributed by atoms with Gasteiger partial charge in [-0.3, -0.25) is 33.8 Å². The molecule has 21 nitrogen and oxygen atoms in total. The van der Waals surface area contributed by atoms with Crippen molar-refractivity contribution in [1.82, 2.24) is 36.9 Å². The number of aliphatic imine (C=N–C) groups is 1. The zero-order valence-corrected chi connectivity index (χ0v) is 39.3. The number of nitrogens with one attached hydrogen (secondary N) is 7. The summed E-state index contributed by atoms with van der Waals surface area (Å²) >= 11 is 0. The Morgan fingerprint density at radius 3 is 2.10 bits per heavy atom. The maximum absolute atomic E-state index is 14.4. The molecule has 17 N–H and O–H groups in total. The largest absolute Gasteiger partial charge is 0.480 e. The number of aliphatic carboxylic acids is 1. The van der Waals surface area contributed by atoms with E-state index < -0.39 is 95.1 Å². The van der Waals surface area contributed by atoms with Crippen LogP contribution in [-0.4, -0.2) is 135 Å². The van der Waals surface area contributed by atoms with Gasteiger partial charge in [-0.15, -0.1) is 0 Å². The Hall–Kier alpha value is -5.88. The number of aliphatic hydroxyl groups is 1. The molecule has 0 aliphatic carbocycles.